The summed E-state index contributed by atoms with van der Waals surface area (Å²) >= 11 is 3.39. The Morgan fingerprint density at radius 2 is 2.19 bits per heavy atom. The summed E-state index contributed by atoms with van der Waals surface area (Å²) in [4.78, 5) is 11.0. The van der Waals surface area contributed by atoms with Gasteiger partial charge < -0.3 is 9.47 Å². The molecular formula is C12H13BrO3. The lowest BCUT2D eigenvalue weighted by atomic mass is 10.1. The maximum absolute atomic E-state index is 11.0. The zero-order valence-electron chi connectivity index (χ0n) is 9.20. The van der Waals surface area contributed by atoms with Gasteiger partial charge in [0.15, 0.2) is 0 Å². The van der Waals surface area contributed by atoms with Crippen molar-refractivity contribution in [1.29, 1.82) is 0 Å². The number of methoxy groups -OCH3 is 2. The van der Waals surface area contributed by atoms with Gasteiger partial charge in [-0.05, 0) is 29.3 Å². The predicted molar refractivity (Wildman–Crippen MR) is 66.7 cm³/mol. The van der Waals surface area contributed by atoms with Crippen LogP contribution in [0.5, 0.6) is 5.75 Å². The van der Waals surface area contributed by atoms with Crippen LogP contribution < -0.4 is 4.74 Å². The van der Waals surface area contributed by atoms with Crippen LogP contribution in [0.25, 0.3) is 6.08 Å². The quantitative estimate of drug-likeness (QED) is 0.485. The van der Waals surface area contributed by atoms with Gasteiger partial charge in [-0.15, -0.1) is 0 Å². The normalized spacial score (nSPS) is 10.4. The third kappa shape index (κ3) is 3.38. The van der Waals surface area contributed by atoms with Gasteiger partial charge in [0, 0.05) is 11.4 Å². The number of esters is 1. The van der Waals surface area contributed by atoms with Crippen LogP contribution in [0.1, 0.15) is 11.1 Å². The van der Waals surface area contributed by atoms with Gasteiger partial charge in [-0.25, -0.2) is 4.79 Å². The smallest absolute Gasteiger partial charge is 0.330 e. The molecule has 0 unspecified atom stereocenters. The minimum absolute atomic E-state index is 0.364. The Hall–Kier alpha value is -1.29. The van der Waals surface area contributed by atoms with Crippen LogP contribution in [0.2, 0.25) is 0 Å². The molecule has 4 heteroatoms. The molecule has 16 heavy (non-hydrogen) atoms. The number of halogens is 1. The molecule has 0 amide bonds. The lowest BCUT2D eigenvalue weighted by molar-refractivity contribution is -0.134. The zero-order chi connectivity index (χ0) is 12.0. The molecule has 0 aliphatic carbocycles. The number of rotatable bonds is 4. The largest absolute Gasteiger partial charge is 0.497 e. The highest BCUT2D eigenvalue weighted by Gasteiger charge is 2.01. The number of ether oxygens (including phenoxy) is 2. The molecule has 0 bridgehead atoms. The van der Waals surface area contributed by atoms with Crippen LogP contribution in [0.15, 0.2) is 24.3 Å². The Balaban J connectivity index is 2.95. The molecule has 1 aromatic carbocycles. The predicted octanol–water partition coefficient (Wildman–Crippen LogP) is 2.78. The molecule has 0 atom stereocenters. The second kappa shape index (κ2) is 6.33. The van der Waals surface area contributed by atoms with E-state index >= 15 is 0 Å². The molecule has 0 N–H and O–H groups in total. The molecule has 0 radical (unpaired) electrons. The molecular weight excluding hydrogens is 272 g/mol. The topological polar surface area (TPSA) is 35.5 Å². The van der Waals surface area contributed by atoms with Crippen molar-refractivity contribution in [3.8, 4) is 5.75 Å². The third-order valence-corrected chi connectivity index (χ3v) is 2.70. The summed E-state index contributed by atoms with van der Waals surface area (Å²) in [5.74, 6) is 0.431. The zero-order valence-corrected chi connectivity index (χ0v) is 10.8. The highest BCUT2D eigenvalue weighted by molar-refractivity contribution is 9.08. The first-order valence-corrected chi connectivity index (χ1v) is 5.82. The fourth-order valence-electron chi connectivity index (χ4n) is 1.21. The number of hydrogen-bond acceptors (Lipinski definition) is 3. The Morgan fingerprint density at radius 3 is 2.75 bits per heavy atom. The fourth-order valence-corrected chi connectivity index (χ4v) is 1.70. The van der Waals surface area contributed by atoms with Crippen molar-refractivity contribution < 1.29 is 14.3 Å². The summed E-state index contributed by atoms with van der Waals surface area (Å²) in [5.41, 5.74) is 2.02. The minimum atomic E-state index is -0.364. The maximum Gasteiger partial charge on any atom is 0.330 e. The number of carbonyl (C=O) groups is 1. The van der Waals surface area contributed by atoms with E-state index in [0.29, 0.717) is 5.33 Å². The molecule has 1 aromatic rings. The van der Waals surface area contributed by atoms with Crippen molar-refractivity contribution in [1.82, 2.24) is 0 Å². The molecule has 0 saturated carbocycles. The van der Waals surface area contributed by atoms with Crippen molar-refractivity contribution in [2.75, 3.05) is 14.2 Å². The first kappa shape index (κ1) is 12.8. The van der Waals surface area contributed by atoms with E-state index < -0.39 is 0 Å². The molecule has 0 spiro atoms. The summed E-state index contributed by atoms with van der Waals surface area (Å²) in [6.45, 7) is 0. The molecule has 0 saturated heterocycles. The van der Waals surface area contributed by atoms with Gasteiger partial charge in [-0.3, -0.25) is 0 Å². The molecule has 3 nitrogen and oxygen atoms in total. The average molecular weight is 285 g/mol. The summed E-state index contributed by atoms with van der Waals surface area (Å²) in [5, 5.41) is 0.699. The summed E-state index contributed by atoms with van der Waals surface area (Å²) in [6, 6.07) is 5.67. The van der Waals surface area contributed by atoms with Crippen LogP contribution in [0.4, 0.5) is 0 Å². The monoisotopic (exact) mass is 284 g/mol. The van der Waals surface area contributed by atoms with Crippen molar-refractivity contribution in [3.63, 3.8) is 0 Å². The first-order valence-electron chi connectivity index (χ1n) is 4.70. The lowest BCUT2D eigenvalue weighted by Gasteiger charge is -2.05. The number of hydrogen-bond donors (Lipinski definition) is 0. The molecule has 0 aliphatic heterocycles. The van der Waals surface area contributed by atoms with E-state index in [1.165, 1.54) is 13.2 Å². The van der Waals surface area contributed by atoms with Gasteiger partial charge in [-0.2, -0.15) is 0 Å². The van der Waals surface area contributed by atoms with Gasteiger partial charge in [0.25, 0.3) is 0 Å². The van der Waals surface area contributed by atoms with Gasteiger partial charge in [0.2, 0.25) is 0 Å². The van der Waals surface area contributed by atoms with Crippen molar-refractivity contribution in [3.05, 3.63) is 35.4 Å². The van der Waals surface area contributed by atoms with Gasteiger partial charge >= 0.3 is 5.97 Å². The number of benzene rings is 1. The molecule has 0 aliphatic rings. The summed E-state index contributed by atoms with van der Waals surface area (Å²) in [7, 11) is 2.98. The number of alkyl halides is 1. The van der Waals surface area contributed by atoms with Crippen LogP contribution >= 0.6 is 15.9 Å². The molecule has 1 rings (SSSR count). The Bertz CT molecular complexity index is 399. The van der Waals surface area contributed by atoms with E-state index in [1.807, 2.05) is 18.2 Å². The van der Waals surface area contributed by atoms with Crippen LogP contribution in [0.3, 0.4) is 0 Å². The lowest BCUT2D eigenvalue weighted by Crippen LogP contribution is -1.94. The highest BCUT2D eigenvalue weighted by Crippen LogP contribution is 2.21. The van der Waals surface area contributed by atoms with E-state index in [2.05, 4.69) is 20.7 Å². The van der Waals surface area contributed by atoms with Gasteiger partial charge in [-0.1, -0.05) is 22.0 Å². The standard InChI is InChI=1S/C12H13BrO3/c1-15-11-5-3-9(10(7-11)8-13)4-6-12(14)16-2/h3-7H,8H2,1-2H3/b6-4+. The molecule has 0 aromatic heterocycles. The van der Waals surface area contributed by atoms with Gasteiger partial charge in [0.05, 0.1) is 14.2 Å². The van der Waals surface area contributed by atoms with Crippen LogP contribution in [-0.2, 0) is 14.9 Å². The fraction of sp³-hybridized carbons (Fsp3) is 0.250. The second-order valence-electron chi connectivity index (χ2n) is 3.05. The van der Waals surface area contributed by atoms with Gasteiger partial charge in [0.1, 0.15) is 5.75 Å². The van der Waals surface area contributed by atoms with Crippen LogP contribution in [0, 0.1) is 0 Å². The molecule has 0 fully saturated rings. The maximum atomic E-state index is 11.0. The van der Waals surface area contributed by atoms with E-state index in [9.17, 15) is 4.79 Å². The molecule has 0 heterocycles. The minimum Gasteiger partial charge on any atom is -0.497 e. The van der Waals surface area contributed by atoms with E-state index in [4.69, 9.17) is 4.74 Å². The Morgan fingerprint density at radius 1 is 1.44 bits per heavy atom. The van der Waals surface area contributed by atoms with Crippen LogP contribution in [-0.4, -0.2) is 20.2 Å². The average Bonchev–Trinajstić information content (AvgIpc) is 2.35. The highest BCUT2D eigenvalue weighted by atomic mass is 79.9. The SMILES string of the molecule is COC(=O)/C=C/c1ccc(OC)cc1CBr. The van der Waals surface area contributed by atoms with Crippen molar-refractivity contribution in [2.24, 2.45) is 0 Å². The first-order chi connectivity index (χ1) is 7.71. The summed E-state index contributed by atoms with van der Waals surface area (Å²) in [6.07, 6.45) is 3.12. The molecule has 86 valence electrons. The van der Waals surface area contributed by atoms with E-state index in [1.54, 1.807) is 13.2 Å². The van der Waals surface area contributed by atoms with Crippen molar-refractivity contribution in [2.45, 2.75) is 5.33 Å². The number of carbonyl (C=O) groups excluding carboxylic acids is 1. The third-order valence-electron chi connectivity index (χ3n) is 2.09. The van der Waals surface area contributed by atoms with E-state index in [-0.39, 0.29) is 5.97 Å². The van der Waals surface area contributed by atoms with Crippen molar-refractivity contribution >= 4 is 28.0 Å². The Labute approximate surface area is 103 Å². The summed E-state index contributed by atoms with van der Waals surface area (Å²) < 4.78 is 9.65. The second-order valence-corrected chi connectivity index (χ2v) is 3.62. The van der Waals surface area contributed by atoms with E-state index in [0.717, 1.165) is 16.9 Å². The Kier molecular flexibility index (Phi) is 5.05.